The normalized spacial score (nSPS) is 40.9. The van der Waals surface area contributed by atoms with Gasteiger partial charge in [0.05, 0.1) is 0 Å². The third-order valence-electron chi connectivity index (χ3n) is 9.43. The number of allylic oxidation sites excluding steroid dienone is 4. The van der Waals surface area contributed by atoms with Crippen molar-refractivity contribution in [2.45, 2.75) is 98.8 Å². The van der Waals surface area contributed by atoms with Crippen molar-refractivity contribution >= 4 is 5.78 Å². The second kappa shape index (κ2) is 7.44. The van der Waals surface area contributed by atoms with Crippen molar-refractivity contribution in [3.05, 3.63) is 23.3 Å². The van der Waals surface area contributed by atoms with Gasteiger partial charge in [0.15, 0.2) is 0 Å². The van der Waals surface area contributed by atoms with Crippen LogP contribution in [0.25, 0.3) is 0 Å². The van der Waals surface area contributed by atoms with Gasteiger partial charge in [0.1, 0.15) is 5.78 Å². The van der Waals surface area contributed by atoms with E-state index >= 15 is 0 Å². The maximum absolute atomic E-state index is 12.5. The van der Waals surface area contributed by atoms with Crippen LogP contribution in [0.2, 0.25) is 0 Å². The van der Waals surface area contributed by atoms with E-state index in [0.29, 0.717) is 28.4 Å². The summed E-state index contributed by atoms with van der Waals surface area (Å²) in [5.41, 5.74) is 4.40. The first-order valence-corrected chi connectivity index (χ1v) is 12.2. The van der Waals surface area contributed by atoms with Gasteiger partial charge in [-0.25, -0.2) is 0 Å². The molecule has 3 saturated carbocycles. The first-order chi connectivity index (χ1) is 13.3. The molecule has 4 aliphatic carbocycles. The van der Waals surface area contributed by atoms with Gasteiger partial charge in [-0.3, -0.25) is 4.79 Å². The van der Waals surface area contributed by atoms with E-state index in [1.807, 2.05) is 0 Å². The topological polar surface area (TPSA) is 17.1 Å². The summed E-state index contributed by atoms with van der Waals surface area (Å²) in [6, 6.07) is 0. The molecule has 0 unspecified atom stereocenters. The summed E-state index contributed by atoms with van der Waals surface area (Å²) >= 11 is 0. The lowest BCUT2D eigenvalue weighted by atomic mass is 9.50. The minimum Gasteiger partial charge on any atom is -0.300 e. The van der Waals surface area contributed by atoms with E-state index in [1.54, 1.807) is 11.1 Å². The minimum absolute atomic E-state index is 0.413. The molecule has 3 fully saturated rings. The Bertz CT molecular complexity index is 682. The van der Waals surface area contributed by atoms with Crippen molar-refractivity contribution in [2.75, 3.05) is 0 Å². The van der Waals surface area contributed by atoms with E-state index in [9.17, 15) is 4.79 Å². The number of rotatable bonds is 5. The number of hydrogen-bond acceptors (Lipinski definition) is 1. The fourth-order valence-electron chi connectivity index (χ4n) is 8.05. The van der Waals surface area contributed by atoms with Crippen LogP contribution >= 0.6 is 0 Å². The highest BCUT2D eigenvalue weighted by Crippen LogP contribution is 2.66. The summed E-state index contributed by atoms with van der Waals surface area (Å²) in [5.74, 6) is 3.80. The third kappa shape index (κ3) is 3.25. The first kappa shape index (κ1) is 20.4. The van der Waals surface area contributed by atoms with E-state index in [1.165, 1.54) is 51.4 Å². The van der Waals surface area contributed by atoms with Crippen LogP contribution in [0, 0.1) is 40.4 Å². The molecular weight excluding hydrogens is 340 g/mol. The van der Waals surface area contributed by atoms with Crippen molar-refractivity contribution in [1.82, 2.24) is 0 Å². The van der Waals surface area contributed by atoms with Gasteiger partial charge in [-0.2, -0.15) is 0 Å². The van der Waals surface area contributed by atoms with Gasteiger partial charge >= 0.3 is 0 Å². The van der Waals surface area contributed by atoms with E-state index in [0.717, 1.165) is 30.6 Å². The molecule has 0 aromatic carbocycles. The number of carbonyl (C=O) groups is 1. The van der Waals surface area contributed by atoms with Crippen LogP contribution in [-0.4, -0.2) is 5.78 Å². The second-order valence-corrected chi connectivity index (χ2v) is 11.6. The van der Waals surface area contributed by atoms with Gasteiger partial charge in [0.2, 0.25) is 0 Å². The Kier molecular flexibility index (Phi) is 5.43. The SMILES string of the molecule is CC(C)CC(=O)C[C@@H](C)[C@H]1CC[C@H]2C3=CC=C4CCCC[C@]4(C)[C@H]3CC[C@]12C. The van der Waals surface area contributed by atoms with Crippen LogP contribution in [-0.2, 0) is 4.79 Å². The van der Waals surface area contributed by atoms with E-state index in [4.69, 9.17) is 0 Å². The molecule has 1 heteroatoms. The Hall–Kier alpha value is -0.850. The van der Waals surface area contributed by atoms with Gasteiger partial charge in [-0.1, -0.05) is 64.3 Å². The zero-order valence-electron chi connectivity index (χ0n) is 19.0. The fourth-order valence-corrected chi connectivity index (χ4v) is 8.05. The molecule has 0 spiro atoms. The van der Waals surface area contributed by atoms with Crippen LogP contribution in [0.1, 0.15) is 98.8 Å². The highest BCUT2D eigenvalue weighted by atomic mass is 16.1. The second-order valence-electron chi connectivity index (χ2n) is 11.6. The Morgan fingerprint density at radius 3 is 2.54 bits per heavy atom. The predicted molar refractivity (Wildman–Crippen MR) is 118 cm³/mol. The quantitative estimate of drug-likeness (QED) is 0.480. The minimum atomic E-state index is 0.413. The van der Waals surface area contributed by atoms with E-state index in [2.05, 4.69) is 46.8 Å². The molecule has 4 aliphatic rings. The van der Waals surface area contributed by atoms with Crippen molar-refractivity contribution in [3.63, 3.8) is 0 Å². The number of ketones is 1. The van der Waals surface area contributed by atoms with E-state index in [-0.39, 0.29) is 0 Å². The first-order valence-electron chi connectivity index (χ1n) is 12.2. The molecule has 0 heterocycles. The van der Waals surface area contributed by atoms with Crippen molar-refractivity contribution in [1.29, 1.82) is 0 Å². The number of fused-ring (bicyclic) bond motifs is 5. The molecule has 0 saturated heterocycles. The molecule has 0 aromatic rings. The number of carbonyl (C=O) groups excluding carboxylic acids is 1. The van der Waals surface area contributed by atoms with Gasteiger partial charge in [-0.05, 0) is 85.4 Å². The Morgan fingerprint density at radius 1 is 1.00 bits per heavy atom. The summed E-state index contributed by atoms with van der Waals surface area (Å²) in [6.07, 6.45) is 17.6. The van der Waals surface area contributed by atoms with Crippen molar-refractivity contribution in [2.24, 2.45) is 40.4 Å². The van der Waals surface area contributed by atoms with Gasteiger partial charge < -0.3 is 0 Å². The molecule has 28 heavy (non-hydrogen) atoms. The molecule has 0 bridgehead atoms. The van der Waals surface area contributed by atoms with Crippen LogP contribution in [0.5, 0.6) is 0 Å². The molecule has 6 atom stereocenters. The molecule has 0 radical (unpaired) electrons. The molecule has 0 N–H and O–H groups in total. The number of Topliss-reactive ketones (excluding diaryl/α,β-unsaturated/α-hetero) is 1. The Balaban J connectivity index is 1.54. The summed E-state index contributed by atoms with van der Waals surface area (Å²) in [6.45, 7) is 11.9. The molecule has 1 nitrogen and oxygen atoms in total. The predicted octanol–water partition coefficient (Wildman–Crippen LogP) is 7.52. The third-order valence-corrected chi connectivity index (χ3v) is 9.43. The standard InChI is InChI=1S/C27H42O/c1-18(2)16-21(28)17-19(3)23-11-12-24-22-10-9-20-8-6-7-14-26(20,4)25(22)13-15-27(23,24)5/h9-10,18-19,23-25H,6-8,11-17H2,1-5H3/t19-,23-,24+,25+,26+,27-/m1/s1. The molecule has 156 valence electrons. The fraction of sp³-hybridized carbons (Fsp3) is 0.815. The van der Waals surface area contributed by atoms with E-state index < -0.39 is 0 Å². The lowest BCUT2D eigenvalue weighted by Gasteiger charge is -2.54. The zero-order valence-corrected chi connectivity index (χ0v) is 19.0. The summed E-state index contributed by atoms with van der Waals surface area (Å²) < 4.78 is 0. The highest BCUT2D eigenvalue weighted by molar-refractivity contribution is 5.78. The van der Waals surface area contributed by atoms with Crippen LogP contribution in [0.15, 0.2) is 23.3 Å². The Labute approximate surface area is 173 Å². The number of hydrogen-bond donors (Lipinski definition) is 0. The molecular formula is C27H42O. The average molecular weight is 383 g/mol. The van der Waals surface area contributed by atoms with Gasteiger partial charge in [0, 0.05) is 12.8 Å². The average Bonchev–Trinajstić information content (AvgIpc) is 2.97. The molecule has 4 rings (SSSR count). The summed E-state index contributed by atoms with van der Waals surface area (Å²) in [4.78, 5) is 12.5. The van der Waals surface area contributed by atoms with Crippen molar-refractivity contribution in [3.8, 4) is 0 Å². The largest absolute Gasteiger partial charge is 0.300 e. The van der Waals surface area contributed by atoms with Crippen LogP contribution < -0.4 is 0 Å². The summed E-state index contributed by atoms with van der Waals surface area (Å²) in [7, 11) is 0. The van der Waals surface area contributed by atoms with Crippen LogP contribution in [0.3, 0.4) is 0 Å². The lowest BCUT2D eigenvalue weighted by Crippen LogP contribution is -2.45. The molecule has 0 amide bonds. The zero-order chi connectivity index (χ0) is 20.1. The maximum atomic E-state index is 12.5. The van der Waals surface area contributed by atoms with Gasteiger partial charge in [0.25, 0.3) is 0 Å². The molecule has 0 aromatic heterocycles. The van der Waals surface area contributed by atoms with Crippen LogP contribution in [0.4, 0.5) is 0 Å². The summed E-state index contributed by atoms with van der Waals surface area (Å²) in [5, 5.41) is 0. The monoisotopic (exact) mass is 382 g/mol. The lowest BCUT2D eigenvalue weighted by molar-refractivity contribution is -0.121. The van der Waals surface area contributed by atoms with Gasteiger partial charge in [-0.15, -0.1) is 0 Å². The van der Waals surface area contributed by atoms with Crippen molar-refractivity contribution < 1.29 is 4.79 Å². The highest BCUT2D eigenvalue weighted by Gasteiger charge is 2.56. The molecule has 0 aliphatic heterocycles. The smallest absolute Gasteiger partial charge is 0.133 e. The maximum Gasteiger partial charge on any atom is 0.133 e. The Morgan fingerprint density at radius 2 is 1.79 bits per heavy atom.